The highest BCUT2D eigenvalue weighted by Crippen LogP contribution is 2.29. The van der Waals surface area contributed by atoms with E-state index in [0.29, 0.717) is 22.6 Å². The maximum Gasteiger partial charge on any atom is 0.292 e. The van der Waals surface area contributed by atoms with E-state index in [1.54, 1.807) is 32.2 Å². The van der Waals surface area contributed by atoms with Crippen molar-refractivity contribution in [1.29, 1.82) is 0 Å². The van der Waals surface area contributed by atoms with Gasteiger partial charge in [-0.15, -0.1) is 0 Å². The molecule has 5 nitrogen and oxygen atoms in total. The predicted molar refractivity (Wildman–Crippen MR) is 78.1 cm³/mol. The molecule has 0 amide bonds. The normalized spacial score (nSPS) is 10.2. The fourth-order valence-corrected chi connectivity index (χ4v) is 2.02. The Kier molecular flexibility index (Phi) is 4.37. The third-order valence-electron chi connectivity index (χ3n) is 3.10. The van der Waals surface area contributed by atoms with Gasteiger partial charge in [-0.1, -0.05) is 12.1 Å². The van der Waals surface area contributed by atoms with Crippen molar-refractivity contribution in [3.63, 3.8) is 0 Å². The summed E-state index contributed by atoms with van der Waals surface area (Å²) in [4.78, 5) is 10.5. The zero-order chi connectivity index (χ0) is 15.4. The van der Waals surface area contributed by atoms with Gasteiger partial charge in [-0.3, -0.25) is 10.1 Å². The number of aryl methyl sites for hydroxylation is 1. The van der Waals surface area contributed by atoms with E-state index in [2.05, 4.69) is 5.32 Å². The van der Waals surface area contributed by atoms with Crippen molar-refractivity contribution < 1.29 is 14.1 Å². The molecular formula is C15H15FN2O3. The minimum atomic E-state index is -0.447. The van der Waals surface area contributed by atoms with Crippen molar-refractivity contribution in [3.8, 4) is 5.75 Å². The van der Waals surface area contributed by atoms with Crippen LogP contribution in [0.1, 0.15) is 11.1 Å². The van der Waals surface area contributed by atoms with E-state index in [0.717, 1.165) is 0 Å². The Morgan fingerprint density at radius 3 is 2.71 bits per heavy atom. The Balaban J connectivity index is 2.21. The molecule has 0 heterocycles. The maximum atomic E-state index is 13.2. The maximum absolute atomic E-state index is 13.2. The molecule has 0 aliphatic rings. The molecule has 2 aromatic carbocycles. The Morgan fingerprint density at radius 1 is 1.33 bits per heavy atom. The van der Waals surface area contributed by atoms with E-state index in [4.69, 9.17) is 4.74 Å². The highest BCUT2D eigenvalue weighted by atomic mass is 19.1. The minimum Gasteiger partial charge on any atom is -0.489 e. The van der Waals surface area contributed by atoms with Crippen LogP contribution in [0.25, 0.3) is 0 Å². The Labute approximate surface area is 121 Å². The van der Waals surface area contributed by atoms with Crippen molar-refractivity contribution in [2.24, 2.45) is 0 Å². The number of nitrogens with one attached hydrogen (secondary N) is 1. The first-order chi connectivity index (χ1) is 10.0. The van der Waals surface area contributed by atoms with Gasteiger partial charge in [0.1, 0.15) is 23.9 Å². The molecule has 0 saturated carbocycles. The number of rotatable bonds is 5. The van der Waals surface area contributed by atoms with Crippen LogP contribution in [0.15, 0.2) is 36.4 Å². The zero-order valence-electron chi connectivity index (χ0n) is 11.7. The zero-order valence-corrected chi connectivity index (χ0v) is 11.7. The first kappa shape index (κ1) is 14.8. The van der Waals surface area contributed by atoms with E-state index in [1.165, 1.54) is 18.2 Å². The number of halogens is 1. The van der Waals surface area contributed by atoms with Gasteiger partial charge < -0.3 is 10.1 Å². The first-order valence-corrected chi connectivity index (χ1v) is 6.36. The summed E-state index contributed by atoms with van der Waals surface area (Å²) in [5.41, 5.74) is 1.56. The quantitative estimate of drug-likeness (QED) is 0.674. The fraction of sp³-hybridized carbons (Fsp3) is 0.200. The van der Waals surface area contributed by atoms with Crippen LogP contribution < -0.4 is 10.1 Å². The summed E-state index contributed by atoms with van der Waals surface area (Å²) in [6.45, 7) is 1.80. The van der Waals surface area contributed by atoms with E-state index >= 15 is 0 Å². The molecular weight excluding hydrogens is 275 g/mol. The lowest BCUT2D eigenvalue weighted by Gasteiger charge is -2.11. The van der Waals surface area contributed by atoms with E-state index in [-0.39, 0.29) is 18.1 Å². The Morgan fingerprint density at radius 2 is 2.10 bits per heavy atom. The molecule has 0 unspecified atom stereocenters. The fourth-order valence-electron chi connectivity index (χ4n) is 2.02. The van der Waals surface area contributed by atoms with Crippen molar-refractivity contribution >= 4 is 11.4 Å². The van der Waals surface area contributed by atoms with Crippen LogP contribution >= 0.6 is 0 Å². The standard InChI is InChI=1S/C15H15FN2O3/c1-10-8-12(6-7-13(10)16)21-9-11-4-3-5-14(18(19)20)15(11)17-2/h3-8,17H,9H2,1-2H3. The molecule has 0 aromatic heterocycles. The lowest BCUT2D eigenvalue weighted by molar-refractivity contribution is -0.384. The smallest absolute Gasteiger partial charge is 0.292 e. The van der Waals surface area contributed by atoms with E-state index in [9.17, 15) is 14.5 Å². The molecule has 1 N–H and O–H groups in total. The molecule has 0 aliphatic heterocycles. The lowest BCUT2D eigenvalue weighted by atomic mass is 10.1. The summed E-state index contributed by atoms with van der Waals surface area (Å²) in [7, 11) is 1.62. The van der Waals surface area contributed by atoms with Gasteiger partial charge in [0.05, 0.1) is 4.92 Å². The Hall–Kier alpha value is -2.63. The number of anilines is 1. The highest BCUT2D eigenvalue weighted by Gasteiger charge is 2.16. The van der Waals surface area contributed by atoms with Gasteiger partial charge in [0.15, 0.2) is 0 Å². The SMILES string of the molecule is CNc1c(COc2ccc(F)c(C)c2)cccc1[N+](=O)[O-]. The molecule has 2 rings (SSSR count). The summed E-state index contributed by atoms with van der Waals surface area (Å²) in [6.07, 6.45) is 0. The molecule has 0 aliphatic carbocycles. The van der Waals surface area contributed by atoms with Crippen molar-refractivity contribution in [1.82, 2.24) is 0 Å². The lowest BCUT2D eigenvalue weighted by Crippen LogP contribution is -2.04. The van der Waals surface area contributed by atoms with Crippen LogP contribution in [-0.4, -0.2) is 12.0 Å². The third kappa shape index (κ3) is 3.28. The largest absolute Gasteiger partial charge is 0.489 e. The molecule has 2 aromatic rings. The molecule has 21 heavy (non-hydrogen) atoms. The molecule has 6 heteroatoms. The molecule has 0 radical (unpaired) electrons. The second-order valence-corrected chi connectivity index (χ2v) is 4.52. The number of benzene rings is 2. The van der Waals surface area contributed by atoms with Crippen LogP contribution in [-0.2, 0) is 6.61 Å². The number of para-hydroxylation sites is 1. The Bertz CT molecular complexity index is 674. The van der Waals surface area contributed by atoms with Crippen LogP contribution in [0.4, 0.5) is 15.8 Å². The number of hydrogen-bond donors (Lipinski definition) is 1. The second-order valence-electron chi connectivity index (χ2n) is 4.52. The summed E-state index contributed by atoms with van der Waals surface area (Å²) in [5.74, 6) is 0.219. The van der Waals surface area contributed by atoms with Gasteiger partial charge in [-0.2, -0.15) is 0 Å². The average molecular weight is 290 g/mol. The van der Waals surface area contributed by atoms with Crippen LogP contribution in [0.5, 0.6) is 5.75 Å². The molecule has 0 bridgehead atoms. The van der Waals surface area contributed by atoms with Gasteiger partial charge in [-0.05, 0) is 30.7 Å². The number of ether oxygens (including phenoxy) is 1. The van der Waals surface area contributed by atoms with Crippen molar-refractivity contribution in [2.45, 2.75) is 13.5 Å². The summed E-state index contributed by atoms with van der Waals surface area (Å²) in [6, 6.07) is 9.22. The molecule has 0 saturated heterocycles. The topological polar surface area (TPSA) is 64.4 Å². The van der Waals surface area contributed by atoms with Gasteiger partial charge >= 0.3 is 0 Å². The number of nitro groups is 1. The first-order valence-electron chi connectivity index (χ1n) is 6.36. The van der Waals surface area contributed by atoms with E-state index in [1.807, 2.05) is 0 Å². The molecule has 0 spiro atoms. The average Bonchev–Trinajstić information content (AvgIpc) is 2.47. The third-order valence-corrected chi connectivity index (χ3v) is 3.10. The predicted octanol–water partition coefficient (Wildman–Crippen LogP) is 3.66. The minimum absolute atomic E-state index is 0.00566. The van der Waals surface area contributed by atoms with Gasteiger partial charge in [-0.25, -0.2) is 4.39 Å². The van der Waals surface area contributed by atoms with Gasteiger partial charge in [0.2, 0.25) is 0 Å². The molecule has 0 fully saturated rings. The number of hydrogen-bond acceptors (Lipinski definition) is 4. The van der Waals surface area contributed by atoms with Crippen LogP contribution in [0, 0.1) is 22.9 Å². The number of nitro benzene ring substituents is 1. The highest BCUT2D eigenvalue weighted by molar-refractivity contribution is 5.65. The molecule has 0 atom stereocenters. The van der Waals surface area contributed by atoms with Gasteiger partial charge in [0, 0.05) is 18.7 Å². The van der Waals surface area contributed by atoms with Crippen molar-refractivity contribution in [3.05, 3.63) is 63.5 Å². The summed E-state index contributed by atoms with van der Waals surface area (Å²) >= 11 is 0. The van der Waals surface area contributed by atoms with Crippen LogP contribution in [0.2, 0.25) is 0 Å². The number of nitrogens with zero attached hydrogens (tertiary/aromatic N) is 1. The second kappa shape index (κ2) is 6.21. The summed E-state index contributed by atoms with van der Waals surface area (Å²) in [5, 5.41) is 13.8. The van der Waals surface area contributed by atoms with Crippen molar-refractivity contribution in [2.75, 3.05) is 12.4 Å². The van der Waals surface area contributed by atoms with Gasteiger partial charge in [0.25, 0.3) is 5.69 Å². The summed E-state index contributed by atoms with van der Waals surface area (Å²) < 4.78 is 18.8. The molecule has 110 valence electrons. The van der Waals surface area contributed by atoms with E-state index < -0.39 is 4.92 Å². The van der Waals surface area contributed by atoms with Crippen LogP contribution in [0.3, 0.4) is 0 Å². The monoisotopic (exact) mass is 290 g/mol.